The monoisotopic (exact) mass is 241 g/mol. The maximum Gasteiger partial charge on any atom is 0.149 e. The van der Waals surface area contributed by atoms with Gasteiger partial charge in [-0.25, -0.2) is 9.97 Å². The van der Waals surface area contributed by atoms with E-state index in [2.05, 4.69) is 46.5 Å². The number of rotatable bonds is 4. The molecule has 1 N–H and O–H groups in total. The van der Waals surface area contributed by atoms with E-state index in [1.54, 1.807) is 0 Å². The molecule has 1 aromatic heterocycles. The van der Waals surface area contributed by atoms with Crippen LogP contribution >= 0.6 is 0 Å². The first-order valence-corrected chi connectivity index (χ1v) is 6.29. The second kappa shape index (κ2) is 5.74. The van der Waals surface area contributed by atoms with Crippen LogP contribution in [-0.4, -0.2) is 17.0 Å². The summed E-state index contributed by atoms with van der Waals surface area (Å²) in [4.78, 5) is 8.79. The molecule has 0 saturated heterocycles. The van der Waals surface area contributed by atoms with Crippen molar-refractivity contribution in [3.05, 3.63) is 59.2 Å². The molecular weight excluding hydrogens is 222 g/mol. The van der Waals surface area contributed by atoms with Gasteiger partial charge in [0, 0.05) is 12.4 Å². The summed E-state index contributed by atoms with van der Waals surface area (Å²) in [6.07, 6.45) is 4.77. The number of aryl methyl sites for hydroxylation is 2. The number of nitrogens with zero attached hydrogens (tertiary/aromatic N) is 2. The van der Waals surface area contributed by atoms with Crippen LogP contribution in [0.1, 0.15) is 35.5 Å². The van der Waals surface area contributed by atoms with Crippen LogP contribution in [0.4, 0.5) is 0 Å². The Bertz CT molecular complexity index is 488. The van der Waals surface area contributed by atoms with Crippen LogP contribution in [-0.2, 0) is 6.42 Å². The van der Waals surface area contributed by atoms with E-state index in [9.17, 15) is 0 Å². The zero-order valence-corrected chi connectivity index (χ0v) is 11.1. The molecule has 18 heavy (non-hydrogen) atoms. The molecule has 1 heterocycles. The fourth-order valence-electron chi connectivity index (χ4n) is 1.94. The summed E-state index contributed by atoms with van der Waals surface area (Å²) in [7, 11) is 1.93. The summed E-state index contributed by atoms with van der Waals surface area (Å²) in [6, 6.07) is 8.66. The molecule has 3 heteroatoms. The summed E-state index contributed by atoms with van der Waals surface area (Å²) in [5.74, 6) is 0.812. The molecule has 0 aliphatic rings. The lowest BCUT2D eigenvalue weighted by Crippen LogP contribution is -2.20. The van der Waals surface area contributed by atoms with E-state index >= 15 is 0 Å². The van der Waals surface area contributed by atoms with Crippen molar-refractivity contribution < 1.29 is 0 Å². The fraction of sp³-hybridized carbons (Fsp3) is 0.333. The first-order chi connectivity index (χ1) is 8.74. The second-order valence-electron chi connectivity index (χ2n) is 4.44. The molecule has 94 valence electrons. The number of hydrogen-bond acceptors (Lipinski definition) is 3. The zero-order valence-electron chi connectivity index (χ0n) is 11.1. The predicted molar refractivity (Wildman–Crippen MR) is 73.5 cm³/mol. The van der Waals surface area contributed by atoms with Crippen molar-refractivity contribution >= 4 is 0 Å². The molecule has 0 saturated carbocycles. The maximum absolute atomic E-state index is 4.39. The summed E-state index contributed by atoms with van der Waals surface area (Å²) in [6.45, 7) is 4.15. The summed E-state index contributed by atoms with van der Waals surface area (Å²) < 4.78 is 0. The summed E-state index contributed by atoms with van der Waals surface area (Å²) >= 11 is 0. The highest BCUT2D eigenvalue weighted by Gasteiger charge is 2.14. The minimum absolute atomic E-state index is 0.0523. The van der Waals surface area contributed by atoms with E-state index in [0.717, 1.165) is 17.8 Å². The molecule has 0 aliphatic heterocycles. The van der Waals surface area contributed by atoms with E-state index < -0.39 is 0 Å². The Kier molecular flexibility index (Phi) is 4.05. The van der Waals surface area contributed by atoms with E-state index in [1.165, 1.54) is 11.1 Å². The molecule has 1 aromatic carbocycles. The molecule has 3 nitrogen and oxygen atoms in total. The summed E-state index contributed by atoms with van der Waals surface area (Å²) in [5.41, 5.74) is 3.62. The molecule has 2 aromatic rings. The van der Waals surface area contributed by atoms with Gasteiger partial charge in [-0.1, -0.05) is 31.2 Å². The zero-order chi connectivity index (χ0) is 13.0. The average molecular weight is 241 g/mol. The van der Waals surface area contributed by atoms with Crippen LogP contribution in [0.5, 0.6) is 0 Å². The molecule has 1 atom stereocenters. The van der Waals surface area contributed by atoms with Crippen LogP contribution in [0, 0.1) is 6.92 Å². The molecular formula is C15H19N3. The van der Waals surface area contributed by atoms with Crippen molar-refractivity contribution in [1.29, 1.82) is 0 Å². The van der Waals surface area contributed by atoms with Gasteiger partial charge in [0.25, 0.3) is 0 Å². The topological polar surface area (TPSA) is 37.8 Å². The number of hydrogen-bond donors (Lipinski definition) is 1. The van der Waals surface area contributed by atoms with Crippen LogP contribution in [0.25, 0.3) is 0 Å². The van der Waals surface area contributed by atoms with Gasteiger partial charge in [-0.05, 0) is 37.1 Å². The molecule has 0 aliphatic carbocycles. The molecule has 0 radical (unpaired) electrons. The molecule has 0 amide bonds. The van der Waals surface area contributed by atoms with Crippen molar-refractivity contribution in [3.63, 3.8) is 0 Å². The first kappa shape index (κ1) is 12.7. The molecule has 2 rings (SSSR count). The SMILES string of the molecule is CCc1ccc(C(NC)c2ncc(C)cn2)cc1. The van der Waals surface area contributed by atoms with E-state index in [4.69, 9.17) is 0 Å². The Hall–Kier alpha value is -1.74. The van der Waals surface area contributed by atoms with Gasteiger partial charge in [-0.3, -0.25) is 0 Å². The molecule has 0 fully saturated rings. The minimum Gasteiger partial charge on any atom is -0.307 e. The Morgan fingerprint density at radius 3 is 2.22 bits per heavy atom. The maximum atomic E-state index is 4.39. The van der Waals surface area contributed by atoms with Gasteiger partial charge in [0.2, 0.25) is 0 Å². The van der Waals surface area contributed by atoms with Crippen molar-refractivity contribution in [2.45, 2.75) is 26.3 Å². The van der Waals surface area contributed by atoms with Gasteiger partial charge in [0.1, 0.15) is 5.82 Å². The van der Waals surface area contributed by atoms with Crippen molar-refractivity contribution in [2.75, 3.05) is 7.05 Å². The van der Waals surface area contributed by atoms with Crippen LogP contribution in [0.15, 0.2) is 36.7 Å². The Morgan fingerprint density at radius 1 is 1.11 bits per heavy atom. The molecule has 0 bridgehead atoms. The lowest BCUT2D eigenvalue weighted by molar-refractivity contribution is 0.645. The Labute approximate surface area is 108 Å². The van der Waals surface area contributed by atoms with E-state index in [0.29, 0.717) is 0 Å². The first-order valence-electron chi connectivity index (χ1n) is 6.29. The fourth-order valence-corrected chi connectivity index (χ4v) is 1.94. The smallest absolute Gasteiger partial charge is 0.149 e. The van der Waals surface area contributed by atoms with Crippen molar-refractivity contribution in [1.82, 2.24) is 15.3 Å². The van der Waals surface area contributed by atoms with Crippen LogP contribution < -0.4 is 5.32 Å². The van der Waals surface area contributed by atoms with Gasteiger partial charge in [-0.2, -0.15) is 0 Å². The summed E-state index contributed by atoms with van der Waals surface area (Å²) in [5, 5.41) is 3.27. The number of aromatic nitrogens is 2. The van der Waals surface area contributed by atoms with Crippen LogP contribution in [0.2, 0.25) is 0 Å². The van der Waals surface area contributed by atoms with Gasteiger partial charge < -0.3 is 5.32 Å². The standard InChI is InChI=1S/C15H19N3/c1-4-12-5-7-13(8-6-12)14(16-3)15-17-9-11(2)10-18-15/h5-10,14,16H,4H2,1-3H3. The quantitative estimate of drug-likeness (QED) is 0.894. The Morgan fingerprint density at radius 2 is 1.72 bits per heavy atom. The number of benzene rings is 1. The van der Waals surface area contributed by atoms with E-state index in [-0.39, 0.29) is 6.04 Å². The normalized spacial score (nSPS) is 12.4. The third-order valence-corrected chi connectivity index (χ3v) is 3.07. The Balaban J connectivity index is 2.29. The van der Waals surface area contributed by atoms with Crippen molar-refractivity contribution in [3.8, 4) is 0 Å². The van der Waals surface area contributed by atoms with Gasteiger partial charge in [0.05, 0.1) is 6.04 Å². The van der Waals surface area contributed by atoms with Gasteiger partial charge >= 0.3 is 0 Å². The lowest BCUT2D eigenvalue weighted by Gasteiger charge is -2.15. The van der Waals surface area contributed by atoms with Gasteiger partial charge in [0.15, 0.2) is 0 Å². The molecule has 1 unspecified atom stereocenters. The van der Waals surface area contributed by atoms with Gasteiger partial charge in [-0.15, -0.1) is 0 Å². The highest BCUT2D eigenvalue weighted by molar-refractivity contribution is 5.28. The van der Waals surface area contributed by atoms with Crippen molar-refractivity contribution in [2.24, 2.45) is 0 Å². The second-order valence-corrected chi connectivity index (χ2v) is 4.44. The predicted octanol–water partition coefficient (Wildman–Crippen LogP) is 2.66. The highest BCUT2D eigenvalue weighted by atomic mass is 15.0. The third-order valence-electron chi connectivity index (χ3n) is 3.07. The number of nitrogens with one attached hydrogen (secondary N) is 1. The molecule has 0 spiro atoms. The lowest BCUT2D eigenvalue weighted by atomic mass is 10.0. The minimum atomic E-state index is 0.0523. The average Bonchev–Trinajstić information content (AvgIpc) is 2.42. The highest BCUT2D eigenvalue weighted by Crippen LogP contribution is 2.19. The largest absolute Gasteiger partial charge is 0.307 e. The van der Waals surface area contributed by atoms with E-state index in [1.807, 2.05) is 26.4 Å². The third kappa shape index (κ3) is 2.74. The van der Waals surface area contributed by atoms with Crippen LogP contribution in [0.3, 0.4) is 0 Å².